The lowest BCUT2D eigenvalue weighted by atomic mass is 10.0. The molecule has 2 aromatic rings. The zero-order chi connectivity index (χ0) is 19.4. The third-order valence-electron chi connectivity index (χ3n) is 4.66. The molecule has 1 aromatic heterocycles. The third kappa shape index (κ3) is 5.57. The number of furan rings is 1. The van der Waals surface area contributed by atoms with Crippen molar-refractivity contribution in [1.82, 2.24) is 14.9 Å². The summed E-state index contributed by atoms with van der Waals surface area (Å²) in [6.45, 7) is 4.12. The van der Waals surface area contributed by atoms with E-state index in [1.54, 1.807) is 12.1 Å². The first-order valence-corrected chi connectivity index (χ1v) is 10.9. The number of benzene rings is 1. The van der Waals surface area contributed by atoms with Crippen molar-refractivity contribution in [1.29, 1.82) is 0 Å². The lowest BCUT2D eigenvalue weighted by molar-refractivity contribution is 0.0600. The highest BCUT2D eigenvalue weighted by Crippen LogP contribution is 2.25. The number of carbonyl (C=O) groups excluding carboxylic acids is 1. The van der Waals surface area contributed by atoms with Gasteiger partial charge in [0.1, 0.15) is 5.76 Å². The highest BCUT2D eigenvalue weighted by Gasteiger charge is 2.30. The lowest BCUT2D eigenvalue weighted by Gasteiger charge is -2.36. The number of hydrogen-bond acceptors (Lipinski definition) is 5. The van der Waals surface area contributed by atoms with Gasteiger partial charge in [-0.2, -0.15) is 0 Å². The Morgan fingerprint density at radius 3 is 2.61 bits per heavy atom. The monoisotopic (exact) mass is 427 g/mol. The molecular formula is C19H26ClN3O4S. The van der Waals surface area contributed by atoms with Gasteiger partial charge in [-0.3, -0.25) is 4.79 Å². The van der Waals surface area contributed by atoms with Crippen molar-refractivity contribution in [2.45, 2.75) is 25.9 Å². The number of nitrogens with zero attached hydrogens (tertiary/aromatic N) is 1. The van der Waals surface area contributed by atoms with Gasteiger partial charge in [0.05, 0.1) is 18.8 Å². The minimum Gasteiger partial charge on any atom is -0.455 e. The van der Waals surface area contributed by atoms with Gasteiger partial charge in [0.25, 0.3) is 5.91 Å². The molecule has 1 saturated heterocycles. The van der Waals surface area contributed by atoms with Gasteiger partial charge in [0, 0.05) is 19.6 Å². The molecule has 1 aliphatic rings. The van der Waals surface area contributed by atoms with E-state index in [4.69, 9.17) is 4.42 Å². The van der Waals surface area contributed by atoms with Gasteiger partial charge in [-0.05, 0) is 29.7 Å². The topological polar surface area (TPSA) is 91.7 Å². The Morgan fingerprint density at radius 1 is 1.25 bits per heavy atom. The molecule has 9 heteroatoms. The van der Waals surface area contributed by atoms with E-state index in [1.807, 2.05) is 4.90 Å². The van der Waals surface area contributed by atoms with Crippen LogP contribution in [0.25, 0.3) is 0 Å². The molecule has 0 aliphatic carbocycles. The standard InChI is InChI=1S/C19H25N3O4S.ClH/c1-3-14-4-6-15(7-5-14)17-13-20-10-11-22(17)19(23)18-9-8-16(26-18)12-21-27(2,24)25;/h4-9,17,20-21H,3,10-13H2,1-2H3;1H. The second-order valence-corrected chi connectivity index (χ2v) is 8.51. The minimum atomic E-state index is -3.32. The number of amides is 1. The summed E-state index contributed by atoms with van der Waals surface area (Å²) >= 11 is 0. The van der Waals surface area contributed by atoms with Crippen LogP contribution in [0.4, 0.5) is 0 Å². The first-order chi connectivity index (χ1) is 12.9. The summed E-state index contributed by atoms with van der Waals surface area (Å²) in [5.74, 6) is 0.437. The summed E-state index contributed by atoms with van der Waals surface area (Å²) in [4.78, 5) is 14.8. The maximum absolute atomic E-state index is 13.0. The average molecular weight is 428 g/mol. The molecule has 0 spiro atoms. The smallest absolute Gasteiger partial charge is 0.290 e. The molecule has 2 N–H and O–H groups in total. The van der Waals surface area contributed by atoms with Crippen molar-refractivity contribution >= 4 is 28.3 Å². The van der Waals surface area contributed by atoms with Crippen LogP contribution in [0.3, 0.4) is 0 Å². The molecule has 0 saturated carbocycles. The Kier molecular flexibility index (Phi) is 7.65. The highest BCUT2D eigenvalue weighted by atomic mass is 35.5. The van der Waals surface area contributed by atoms with Crippen LogP contribution in [0, 0.1) is 0 Å². The fraction of sp³-hybridized carbons (Fsp3) is 0.421. The van der Waals surface area contributed by atoms with Gasteiger partial charge in [-0.15, -0.1) is 12.4 Å². The van der Waals surface area contributed by atoms with Crippen molar-refractivity contribution in [2.75, 3.05) is 25.9 Å². The third-order valence-corrected chi connectivity index (χ3v) is 5.33. The van der Waals surface area contributed by atoms with Gasteiger partial charge < -0.3 is 14.6 Å². The molecular weight excluding hydrogens is 402 g/mol. The predicted octanol–water partition coefficient (Wildman–Crippen LogP) is 2.10. The Morgan fingerprint density at radius 2 is 1.96 bits per heavy atom. The van der Waals surface area contributed by atoms with Gasteiger partial charge in [0.15, 0.2) is 5.76 Å². The van der Waals surface area contributed by atoms with Crippen LogP contribution in [0.1, 0.15) is 40.4 Å². The minimum absolute atomic E-state index is 0. The fourth-order valence-electron chi connectivity index (χ4n) is 3.15. The van der Waals surface area contributed by atoms with Crippen LogP contribution >= 0.6 is 12.4 Å². The van der Waals surface area contributed by atoms with Crippen LogP contribution in [0.2, 0.25) is 0 Å². The van der Waals surface area contributed by atoms with Crippen molar-refractivity contribution in [2.24, 2.45) is 0 Å². The van der Waals surface area contributed by atoms with Crippen molar-refractivity contribution < 1.29 is 17.6 Å². The molecule has 2 heterocycles. The summed E-state index contributed by atoms with van der Waals surface area (Å²) in [7, 11) is -3.32. The second-order valence-electron chi connectivity index (χ2n) is 6.67. The van der Waals surface area contributed by atoms with E-state index in [-0.39, 0.29) is 36.7 Å². The quantitative estimate of drug-likeness (QED) is 0.736. The molecule has 28 heavy (non-hydrogen) atoms. The molecule has 154 valence electrons. The van der Waals surface area contributed by atoms with Crippen LogP contribution in [-0.4, -0.2) is 45.1 Å². The number of hydrogen-bond donors (Lipinski definition) is 2. The Bertz CT molecular complexity index is 896. The molecule has 1 fully saturated rings. The maximum atomic E-state index is 13.0. The normalized spacial score (nSPS) is 17.2. The summed E-state index contributed by atoms with van der Waals surface area (Å²) < 4.78 is 30.3. The van der Waals surface area contributed by atoms with E-state index in [1.165, 1.54) is 5.56 Å². The maximum Gasteiger partial charge on any atom is 0.290 e. The van der Waals surface area contributed by atoms with E-state index in [0.717, 1.165) is 24.8 Å². The molecule has 3 rings (SSSR count). The molecule has 1 amide bonds. The SMILES string of the molecule is CCc1ccc(C2CNCCN2C(=O)c2ccc(CNS(C)(=O)=O)o2)cc1.Cl. The zero-order valence-electron chi connectivity index (χ0n) is 16.0. The van der Waals surface area contributed by atoms with Crippen LogP contribution in [0.15, 0.2) is 40.8 Å². The molecule has 1 aromatic carbocycles. The Hall–Kier alpha value is -1.87. The van der Waals surface area contributed by atoms with E-state index in [9.17, 15) is 13.2 Å². The number of carbonyl (C=O) groups is 1. The summed E-state index contributed by atoms with van der Waals surface area (Å²) in [5, 5.41) is 3.34. The average Bonchev–Trinajstić information content (AvgIpc) is 3.14. The number of sulfonamides is 1. The van der Waals surface area contributed by atoms with Crippen LogP contribution < -0.4 is 10.0 Å². The first kappa shape index (κ1) is 22.4. The molecule has 1 aliphatic heterocycles. The Labute approximate surface area is 171 Å². The number of rotatable bonds is 6. The number of piperazine rings is 1. The van der Waals surface area contributed by atoms with Crippen LogP contribution in [0.5, 0.6) is 0 Å². The molecule has 1 unspecified atom stereocenters. The van der Waals surface area contributed by atoms with E-state index >= 15 is 0 Å². The van der Waals surface area contributed by atoms with Gasteiger partial charge in [-0.25, -0.2) is 13.1 Å². The predicted molar refractivity (Wildman–Crippen MR) is 110 cm³/mol. The summed E-state index contributed by atoms with van der Waals surface area (Å²) in [6.07, 6.45) is 2.06. The summed E-state index contributed by atoms with van der Waals surface area (Å²) in [5.41, 5.74) is 2.34. The lowest BCUT2D eigenvalue weighted by Crippen LogP contribution is -2.48. The number of halogens is 1. The molecule has 7 nitrogen and oxygen atoms in total. The number of nitrogens with one attached hydrogen (secondary N) is 2. The van der Waals surface area contributed by atoms with Crippen molar-refractivity contribution in [3.8, 4) is 0 Å². The molecule has 1 atom stereocenters. The first-order valence-electron chi connectivity index (χ1n) is 9.01. The van der Waals surface area contributed by atoms with Gasteiger partial charge in [-0.1, -0.05) is 31.2 Å². The molecule has 0 bridgehead atoms. The molecule has 0 radical (unpaired) electrons. The van der Waals surface area contributed by atoms with Crippen molar-refractivity contribution in [3.63, 3.8) is 0 Å². The Balaban J connectivity index is 0.00000280. The van der Waals surface area contributed by atoms with Gasteiger partial charge >= 0.3 is 0 Å². The fourth-order valence-corrected chi connectivity index (χ4v) is 3.56. The highest BCUT2D eigenvalue weighted by molar-refractivity contribution is 7.88. The summed E-state index contributed by atoms with van der Waals surface area (Å²) in [6, 6.07) is 11.5. The zero-order valence-corrected chi connectivity index (χ0v) is 17.6. The second kappa shape index (κ2) is 9.56. The largest absolute Gasteiger partial charge is 0.455 e. The van der Waals surface area contributed by atoms with Gasteiger partial charge in [0.2, 0.25) is 10.0 Å². The van der Waals surface area contributed by atoms with Crippen molar-refractivity contribution in [3.05, 3.63) is 59.0 Å². The van der Waals surface area contributed by atoms with Crippen LogP contribution in [-0.2, 0) is 23.0 Å². The number of aryl methyl sites for hydroxylation is 1. The van der Waals surface area contributed by atoms with E-state index in [0.29, 0.717) is 18.8 Å². The van der Waals surface area contributed by atoms with E-state index in [2.05, 4.69) is 41.2 Å². The van der Waals surface area contributed by atoms with E-state index < -0.39 is 10.0 Å².